The van der Waals surface area contributed by atoms with Crippen LogP contribution in [-0.4, -0.2) is 36.5 Å². The number of hydrogen-bond acceptors (Lipinski definition) is 3. The van der Waals surface area contributed by atoms with Crippen LogP contribution in [0.2, 0.25) is 0 Å². The lowest BCUT2D eigenvalue weighted by atomic mass is 9.83. The molecule has 0 radical (unpaired) electrons. The molecule has 0 aromatic rings. The molecule has 4 heteroatoms. The fourth-order valence-electron chi connectivity index (χ4n) is 1.99. The fourth-order valence-corrected chi connectivity index (χ4v) is 1.99. The predicted octanol–water partition coefficient (Wildman–Crippen LogP) is 1.44. The lowest BCUT2D eigenvalue weighted by Crippen LogP contribution is -2.46. The molecule has 0 unspecified atom stereocenters. The van der Waals surface area contributed by atoms with E-state index < -0.39 is 11.6 Å². The van der Waals surface area contributed by atoms with Gasteiger partial charge in [-0.3, -0.25) is 0 Å². The van der Waals surface area contributed by atoms with Crippen LogP contribution in [0.4, 0.5) is 0 Å². The van der Waals surface area contributed by atoms with E-state index in [9.17, 15) is 4.79 Å². The lowest BCUT2D eigenvalue weighted by Gasteiger charge is -2.35. The van der Waals surface area contributed by atoms with E-state index in [-0.39, 0.29) is 6.10 Å². The monoisotopic (exact) mass is 202 g/mol. The Bertz CT molecular complexity index is 194. The van der Waals surface area contributed by atoms with Crippen LogP contribution in [0.25, 0.3) is 0 Å². The first-order valence-electron chi connectivity index (χ1n) is 5.05. The molecule has 1 rings (SSSR count). The third kappa shape index (κ3) is 2.25. The Morgan fingerprint density at radius 1 is 1.50 bits per heavy atom. The van der Waals surface area contributed by atoms with Crippen molar-refractivity contribution < 1.29 is 19.4 Å². The summed E-state index contributed by atoms with van der Waals surface area (Å²) in [7, 11) is 1.67. The molecule has 0 amide bonds. The average Bonchev–Trinajstić information content (AvgIpc) is 2.19. The van der Waals surface area contributed by atoms with E-state index >= 15 is 0 Å². The van der Waals surface area contributed by atoms with Crippen LogP contribution in [0, 0.1) is 0 Å². The number of carboxylic acid groups (broad SMARTS) is 1. The van der Waals surface area contributed by atoms with Gasteiger partial charge in [-0.05, 0) is 32.6 Å². The Hall–Kier alpha value is -0.610. The maximum atomic E-state index is 11.1. The largest absolute Gasteiger partial charge is 0.479 e. The highest BCUT2D eigenvalue weighted by molar-refractivity contribution is 5.77. The van der Waals surface area contributed by atoms with Gasteiger partial charge in [0, 0.05) is 13.7 Å². The Labute approximate surface area is 84.2 Å². The second-order valence-corrected chi connectivity index (χ2v) is 3.67. The molecule has 0 bridgehead atoms. The molecule has 1 N–H and O–H groups in total. The molecule has 14 heavy (non-hydrogen) atoms. The number of ether oxygens (including phenoxy) is 2. The molecule has 0 aromatic carbocycles. The summed E-state index contributed by atoms with van der Waals surface area (Å²) in [4.78, 5) is 11.1. The zero-order valence-electron chi connectivity index (χ0n) is 8.78. The van der Waals surface area contributed by atoms with E-state index in [1.54, 1.807) is 7.11 Å². The molecule has 1 aliphatic carbocycles. The first kappa shape index (κ1) is 11.5. The van der Waals surface area contributed by atoms with E-state index in [0.29, 0.717) is 19.4 Å². The van der Waals surface area contributed by atoms with Crippen molar-refractivity contribution in [2.75, 3.05) is 13.7 Å². The summed E-state index contributed by atoms with van der Waals surface area (Å²) in [5.74, 6) is -0.839. The third-order valence-electron chi connectivity index (χ3n) is 2.88. The highest BCUT2D eigenvalue weighted by Crippen LogP contribution is 2.33. The van der Waals surface area contributed by atoms with Crippen molar-refractivity contribution in [3.63, 3.8) is 0 Å². The standard InChI is InChI=1S/C10H18O4/c1-3-14-10(9(11)12)6-4-8(13-2)5-7-10/h8H,3-7H2,1-2H3,(H,11,12). The SMILES string of the molecule is CCOC1(C(=O)O)CCC(OC)CC1. The molecule has 0 heterocycles. The zero-order valence-corrected chi connectivity index (χ0v) is 8.78. The highest BCUT2D eigenvalue weighted by Gasteiger charge is 2.42. The van der Waals surface area contributed by atoms with Gasteiger partial charge in [0.25, 0.3) is 0 Å². The second-order valence-electron chi connectivity index (χ2n) is 3.67. The van der Waals surface area contributed by atoms with Crippen LogP contribution in [0.1, 0.15) is 32.6 Å². The minimum Gasteiger partial charge on any atom is -0.479 e. The Balaban J connectivity index is 2.59. The molecule has 0 spiro atoms. The molecule has 1 saturated carbocycles. The van der Waals surface area contributed by atoms with Gasteiger partial charge in [-0.15, -0.1) is 0 Å². The normalized spacial score (nSPS) is 32.9. The number of methoxy groups -OCH3 is 1. The highest BCUT2D eigenvalue weighted by atomic mass is 16.5. The smallest absolute Gasteiger partial charge is 0.335 e. The molecular formula is C10H18O4. The van der Waals surface area contributed by atoms with E-state index in [4.69, 9.17) is 14.6 Å². The summed E-state index contributed by atoms with van der Waals surface area (Å²) in [5, 5.41) is 9.11. The predicted molar refractivity (Wildman–Crippen MR) is 51.3 cm³/mol. The molecule has 1 fully saturated rings. The third-order valence-corrected chi connectivity index (χ3v) is 2.88. The molecule has 1 aliphatic rings. The van der Waals surface area contributed by atoms with Crippen LogP contribution in [0.5, 0.6) is 0 Å². The van der Waals surface area contributed by atoms with Gasteiger partial charge in [0.05, 0.1) is 6.10 Å². The minimum atomic E-state index is -0.955. The fraction of sp³-hybridized carbons (Fsp3) is 0.900. The van der Waals surface area contributed by atoms with Crippen LogP contribution < -0.4 is 0 Å². The van der Waals surface area contributed by atoms with E-state index in [1.807, 2.05) is 6.92 Å². The van der Waals surface area contributed by atoms with Crippen molar-refractivity contribution in [3.8, 4) is 0 Å². The molecule has 4 nitrogen and oxygen atoms in total. The Morgan fingerprint density at radius 3 is 2.43 bits per heavy atom. The number of carboxylic acids is 1. The van der Waals surface area contributed by atoms with Crippen LogP contribution in [0.3, 0.4) is 0 Å². The van der Waals surface area contributed by atoms with Crippen molar-refractivity contribution in [2.24, 2.45) is 0 Å². The lowest BCUT2D eigenvalue weighted by molar-refractivity contribution is -0.173. The van der Waals surface area contributed by atoms with E-state index in [1.165, 1.54) is 0 Å². The molecule has 82 valence electrons. The topological polar surface area (TPSA) is 55.8 Å². The van der Waals surface area contributed by atoms with Crippen molar-refractivity contribution in [2.45, 2.75) is 44.3 Å². The number of carbonyl (C=O) groups is 1. The van der Waals surface area contributed by atoms with Gasteiger partial charge in [0.1, 0.15) is 0 Å². The summed E-state index contributed by atoms with van der Waals surface area (Å²) in [6, 6.07) is 0. The first-order valence-corrected chi connectivity index (χ1v) is 5.05. The Morgan fingerprint density at radius 2 is 2.07 bits per heavy atom. The van der Waals surface area contributed by atoms with E-state index in [0.717, 1.165) is 12.8 Å². The average molecular weight is 202 g/mol. The van der Waals surface area contributed by atoms with Gasteiger partial charge >= 0.3 is 5.97 Å². The van der Waals surface area contributed by atoms with Gasteiger partial charge in [0.15, 0.2) is 5.60 Å². The van der Waals surface area contributed by atoms with Crippen molar-refractivity contribution in [1.82, 2.24) is 0 Å². The summed E-state index contributed by atoms with van der Waals surface area (Å²) < 4.78 is 10.6. The van der Waals surface area contributed by atoms with E-state index in [2.05, 4.69) is 0 Å². The minimum absolute atomic E-state index is 0.197. The molecule has 0 saturated heterocycles. The number of hydrogen-bond donors (Lipinski definition) is 1. The zero-order chi connectivity index (χ0) is 10.6. The summed E-state index contributed by atoms with van der Waals surface area (Å²) in [6.07, 6.45) is 2.83. The number of aliphatic carboxylic acids is 1. The maximum Gasteiger partial charge on any atom is 0.335 e. The maximum absolute atomic E-state index is 11.1. The summed E-state index contributed by atoms with van der Waals surface area (Å²) in [5.41, 5.74) is -0.955. The number of rotatable bonds is 4. The summed E-state index contributed by atoms with van der Waals surface area (Å²) in [6.45, 7) is 2.27. The van der Waals surface area contributed by atoms with Gasteiger partial charge in [-0.2, -0.15) is 0 Å². The van der Waals surface area contributed by atoms with Crippen molar-refractivity contribution in [3.05, 3.63) is 0 Å². The van der Waals surface area contributed by atoms with Gasteiger partial charge in [0.2, 0.25) is 0 Å². The second kappa shape index (κ2) is 4.75. The van der Waals surface area contributed by atoms with Crippen LogP contribution >= 0.6 is 0 Å². The molecular weight excluding hydrogens is 184 g/mol. The van der Waals surface area contributed by atoms with Crippen LogP contribution in [-0.2, 0) is 14.3 Å². The van der Waals surface area contributed by atoms with Gasteiger partial charge in [-0.1, -0.05) is 0 Å². The molecule has 0 aliphatic heterocycles. The molecule has 0 aromatic heterocycles. The van der Waals surface area contributed by atoms with Gasteiger partial charge < -0.3 is 14.6 Å². The Kier molecular flexibility index (Phi) is 3.89. The van der Waals surface area contributed by atoms with Gasteiger partial charge in [-0.25, -0.2) is 4.79 Å². The molecule has 0 atom stereocenters. The summed E-state index contributed by atoms with van der Waals surface area (Å²) >= 11 is 0. The van der Waals surface area contributed by atoms with Crippen molar-refractivity contribution in [1.29, 1.82) is 0 Å². The quantitative estimate of drug-likeness (QED) is 0.749. The van der Waals surface area contributed by atoms with Crippen molar-refractivity contribution >= 4 is 5.97 Å². The first-order chi connectivity index (χ1) is 6.64. The van der Waals surface area contributed by atoms with Crippen LogP contribution in [0.15, 0.2) is 0 Å².